The Morgan fingerprint density at radius 2 is 1.97 bits per heavy atom. The fourth-order valence-electron chi connectivity index (χ4n) is 4.74. The molecular formula is C23H40N4O3. The van der Waals surface area contributed by atoms with Gasteiger partial charge in [0.25, 0.3) is 0 Å². The zero-order valence-corrected chi connectivity index (χ0v) is 18.8. The molecule has 1 aliphatic carbocycles. The molecule has 1 atom stereocenters. The zero-order chi connectivity index (χ0) is 21.2. The fourth-order valence-corrected chi connectivity index (χ4v) is 4.74. The van der Waals surface area contributed by atoms with Gasteiger partial charge in [0.15, 0.2) is 5.96 Å². The molecule has 3 N–H and O–H groups in total. The molecule has 2 fully saturated rings. The van der Waals surface area contributed by atoms with Crippen LogP contribution in [0.25, 0.3) is 0 Å². The van der Waals surface area contributed by atoms with Gasteiger partial charge in [-0.3, -0.25) is 9.89 Å². The van der Waals surface area contributed by atoms with E-state index in [4.69, 9.17) is 14.1 Å². The minimum Gasteiger partial charge on any atom is -0.465 e. The number of morpholine rings is 1. The first-order valence-electron chi connectivity index (χ1n) is 11.7. The van der Waals surface area contributed by atoms with E-state index in [2.05, 4.69) is 28.5 Å². The topological polar surface area (TPSA) is 82.3 Å². The van der Waals surface area contributed by atoms with E-state index in [1.165, 1.54) is 32.1 Å². The molecule has 1 unspecified atom stereocenters. The van der Waals surface area contributed by atoms with Crippen LogP contribution in [0.1, 0.15) is 63.0 Å². The van der Waals surface area contributed by atoms with E-state index >= 15 is 0 Å². The maximum atomic E-state index is 9.59. The van der Waals surface area contributed by atoms with Crippen LogP contribution in [0.4, 0.5) is 0 Å². The Labute approximate surface area is 181 Å². The van der Waals surface area contributed by atoms with Gasteiger partial charge in [-0.25, -0.2) is 0 Å². The van der Waals surface area contributed by atoms with E-state index in [0.717, 1.165) is 69.8 Å². The summed E-state index contributed by atoms with van der Waals surface area (Å²) in [4.78, 5) is 7.38. The second-order valence-corrected chi connectivity index (χ2v) is 8.72. The Kier molecular flexibility index (Phi) is 9.03. The van der Waals surface area contributed by atoms with Crippen molar-refractivity contribution in [3.8, 4) is 0 Å². The predicted molar refractivity (Wildman–Crippen MR) is 120 cm³/mol. The van der Waals surface area contributed by atoms with Crippen molar-refractivity contribution in [3.05, 3.63) is 23.7 Å². The van der Waals surface area contributed by atoms with Crippen LogP contribution in [-0.2, 0) is 4.74 Å². The minimum absolute atomic E-state index is 0.146. The van der Waals surface area contributed by atoms with E-state index in [-0.39, 0.29) is 18.1 Å². The van der Waals surface area contributed by atoms with Gasteiger partial charge in [-0.05, 0) is 50.7 Å². The lowest BCUT2D eigenvalue weighted by Crippen LogP contribution is -2.46. The van der Waals surface area contributed by atoms with Gasteiger partial charge in [-0.2, -0.15) is 0 Å². The summed E-state index contributed by atoms with van der Waals surface area (Å²) >= 11 is 0. The number of furan rings is 1. The average Bonchev–Trinajstić information content (AvgIpc) is 3.20. The van der Waals surface area contributed by atoms with Crippen LogP contribution in [0, 0.1) is 12.3 Å². The van der Waals surface area contributed by atoms with Gasteiger partial charge >= 0.3 is 0 Å². The Morgan fingerprint density at radius 1 is 1.20 bits per heavy atom. The molecule has 0 radical (unpaired) electrons. The molecule has 7 nitrogen and oxygen atoms in total. The summed E-state index contributed by atoms with van der Waals surface area (Å²) in [5.41, 5.74) is 0.150. The summed E-state index contributed by atoms with van der Waals surface area (Å²) in [5, 5.41) is 16.6. The van der Waals surface area contributed by atoms with Crippen LogP contribution in [0.2, 0.25) is 0 Å². The van der Waals surface area contributed by atoms with Gasteiger partial charge in [-0.15, -0.1) is 0 Å². The second-order valence-electron chi connectivity index (χ2n) is 8.72. The molecule has 2 heterocycles. The number of hydrogen-bond acceptors (Lipinski definition) is 5. The summed E-state index contributed by atoms with van der Waals surface area (Å²) in [7, 11) is 0. The Bertz CT molecular complexity index is 643. The quantitative estimate of drug-likeness (QED) is 0.421. The molecule has 3 rings (SSSR count). The molecule has 2 aliphatic rings. The average molecular weight is 421 g/mol. The highest BCUT2D eigenvalue weighted by atomic mass is 16.5. The Hall–Kier alpha value is -1.57. The number of aliphatic hydroxyl groups is 1. The number of hydrogen-bond donors (Lipinski definition) is 3. The van der Waals surface area contributed by atoms with Crippen molar-refractivity contribution in [2.24, 2.45) is 10.4 Å². The van der Waals surface area contributed by atoms with Crippen molar-refractivity contribution in [3.63, 3.8) is 0 Å². The van der Waals surface area contributed by atoms with Crippen molar-refractivity contribution in [1.29, 1.82) is 0 Å². The van der Waals surface area contributed by atoms with Crippen molar-refractivity contribution in [2.75, 3.05) is 52.5 Å². The largest absolute Gasteiger partial charge is 0.465 e. The number of aliphatic imine (C=N–C) groups is 1. The second kappa shape index (κ2) is 11.7. The lowest BCUT2D eigenvalue weighted by atomic mass is 9.72. The van der Waals surface area contributed by atoms with Gasteiger partial charge in [0, 0.05) is 39.3 Å². The van der Waals surface area contributed by atoms with Crippen molar-refractivity contribution >= 4 is 5.96 Å². The third-order valence-electron chi connectivity index (χ3n) is 6.51. The Morgan fingerprint density at radius 3 is 2.60 bits per heavy atom. The first-order valence-corrected chi connectivity index (χ1v) is 11.7. The molecule has 0 bridgehead atoms. The number of ether oxygens (including phenoxy) is 1. The number of nitrogens with one attached hydrogen (secondary N) is 2. The molecule has 1 saturated heterocycles. The van der Waals surface area contributed by atoms with E-state index in [1.54, 1.807) is 0 Å². The van der Waals surface area contributed by atoms with Gasteiger partial charge in [0.2, 0.25) is 0 Å². The van der Waals surface area contributed by atoms with Crippen LogP contribution in [0.15, 0.2) is 21.5 Å². The summed E-state index contributed by atoms with van der Waals surface area (Å²) < 4.78 is 11.5. The SMILES string of the molecule is CCNC(=NCC1(CCO)CCCCC1)NCC(c1ccc(C)o1)N1CCOCC1. The molecule has 1 aromatic heterocycles. The van der Waals surface area contributed by atoms with Gasteiger partial charge < -0.3 is 24.9 Å². The van der Waals surface area contributed by atoms with Crippen molar-refractivity contribution < 1.29 is 14.3 Å². The number of aryl methyl sites for hydroxylation is 1. The molecule has 7 heteroatoms. The van der Waals surface area contributed by atoms with E-state index in [9.17, 15) is 5.11 Å². The predicted octanol–water partition coefficient (Wildman–Crippen LogP) is 2.85. The maximum absolute atomic E-state index is 9.59. The lowest BCUT2D eigenvalue weighted by molar-refractivity contribution is 0.0124. The third kappa shape index (κ3) is 6.46. The van der Waals surface area contributed by atoms with E-state index < -0.39 is 0 Å². The van der Waals surface area contributed by atoms with Crippen LogP contribution >= 0.6 is 0 Å². The fraction of sp³-hybridized carbons (Fsp3) is 0.783. The number of guanidine groups is 1. The molecule has 0 amide bonds. The van der Waals surface area contributed by atoms with Crippen molar-refractivity contribution in [1.82, 2.24) is 15.5 Å². The summed E-state index contributed by atoms with van der Waals surface area (Å²) in [5.74, 6) is 2.77. The molecule has 1 aliphatic heterocycles. The van der Waals surface area contributed by atoms with Crippen LogP contribution in [0.3, 0.4) is 0 Å². The summed E-state index contributed by atoms with van der Waals surface area (Å²) in [6.07, 6.45) is 6.97. The lowest BCUT2D eigenvalue weighted by Gasteiger charge is -2.36. The van der Waals surface area contributed by atoms with Crippen LogP contribution < -0.4 is 10.6 Å². The zero-order valence-electron chi connectivity index (χ0n) is 18.8. The highest BCUT2D eigenvalue weighted by Gasteiger charge is 2.31. The van der Waals surface area contributed by atoms with Crippen LogP contribution in [0.5, 0.6) is 0 Å². The molecule has 1 saturated carbocycles. The summed E-state index contributed by atoms with van der Waals surface area (Å²) in [6.45, 7) is 9.97. The molecule has 0 spiro atoms. The Balaban J connectivity index is 1.67. The molecule has 0 aromatic carbocycles. The first-order chi connectivity index (χ1) is 14.7. The standard InChI is InChI=1S/C23H40N4O3/c1-3-24-22(26-18-23(11-14-28)9-5-4-6-10-23)25-17-20(21-8-7-19(2)30-21)27-12-15-29-16-13-27/h7-8,20,28H,3-6,9-18H2,1-2H3,(H2,24,25,26). The molecule has 170 valence electrons. The molecular weight excluding hydrogens is 380 g/mol. The van der Waals surface area contributed by atoms with Gasteiger partial charge in [0.05, 0.1) is 19.3 Å². The number of rotatable bonds is 9. The summed E-state index contributed by atoms with van der Waals surface area (Å²) in [6, 6.07) is 4.26. The minimum atomic E-state index is 0.146. The smallest absolute Gasteiger partial charge is 0.191 e. The molecule has 30 heavy (non-hydrogen) atoms. The van der Waals surface area contributed by atoms with Crippen LogP contribution in [-0.4, -0.2) is 68.5 Å². The highest BCUT2D eigenvalue weighted by Crippen LogP contribution is 2.39. The number of aliphatic hydroxyl groups excluding tert-OH is 1. The highest BCUT2D eigenvalue weighted by molar-refractivity contribution is 5.79. The van der Waals surface area contributed by atoms with Gasteiger partial charge in [0.1, 0.15) is 11.5 Å². The molecule has 1 aromatic rings. The van der Waals surface area contributed by atoms with E-state index in [0.29, 0.717) is 0 Å². The van der Waals surface area contributed by atoms with E-state index in [1.807, 2.05) is 13.0 Å². The van der Waals surface area contributed by atoms with Crippen molar-refractivity contribution in [2.45, 2.75) is 58.4 Å². The monoisotopic (exact) mass is 420 g/mol. The number of nitrogens with zero attached hydrogens (tertiary/aromatic N) is 2. The normalized spacial score (nSPS) is 21.4. The third-order valence-corrected chi connectivity index (χ3v) is 6.51. The first kappa shape index (κ1) is 23.1. The maximum Gasteiger partial charge on any atom is 0.191 e. The van der Waals surface area contributed by atoms with Gasteiger partial charge in [-0.1, -0.05) is 19.3 Å².